The summed E-state index contributed by atoms with van der Waals surface area (Å²) < 4.78 is 18.0. The van der Waals surface area contributed by atoms with Gasteiger partial charge in [0, 0.05) is 13.7 Å². The fraction of sp³-hybridized carbons (Fsp3) is 0.429. The van der Waals surface area contributed by atoms with Crippen LogP contribution in [0, 0.1) is 5.82 Å². The number of amides is 2. The fourth-order valence-electron chi connectivity index (χ4n) is 1.75. The van der Waals surface area contributed by atoms with Crippen molar-refractivity contribution >= 4 is 12.0 Å². The van der Waals surface area contributed by atoms with Gasteiger partial charge in [0.15, 0.2) is 0 Å². The van der Waals surface area contributed by atoms with Crippen molar-refractivity contribution < 1.29 is 23.8 Å². The van der Waals surface area contributed by atoms with Crippen molar-refractivity contribution in [3.63, 3.8) is 0 Å². The molecule has 6 nitrogen and oxygen atoms in total. The van der Waals surface area contributed by atoms with Crippen LogP contribution in [0.2, 0.25) is 0 Å². The molecule has 0 aliphatic heterocycles. The maximum absolute atomic E-state index is 13.1. The summed E-state index contributed by atoms with van der Waals surface area (Å²) in [5.41, 5.74) is 0.602. The molecule has 1 aromatic rings. The summed E-state index contributed by atoms with van der Waals surface area (Å²) in [5.74, 6) is -1.50. The zero-order valence-electron chi connectivity index (χ0n) is 12.0. The molecule has 1 rings (SSSR count). The maximum Gasteiger partial charge on any atom is 0.323 e. The molecule has 1 unspecified atom stereocenters. The third-order valence-corrected chi connectivity index (χ3v) is 2.87. The van der Waals surface area contributed by atoms with Crippen LogP contribution in [0.1, 0.15) is 18.5 Å². The molecule has 7 heteroatoms. The number of methoxy groups -OCH3 is 1. The number of ether oxygens (including phenoxy) is 1. The van der Waals surface area contributed by atoms with Crippen LogP contribution in [0.5, 0.6) is 0 Å². The zero-order valence-corrected chi connectivity index (χ0v) is 12.0. The Morgan fingerprint density at radius 3 is 2.76 bits per heavy atom. The molecule has 0 fully saturated rings. The van der Waals surface area contributed by atoms with E-state index in [1.807, 2.05) is 0 Å². The van der Waals surface area contributed by atoms with Gasteiger partial charge in [-0.05, 0) is 24.6 Å². The molecule has 1 aromatic carbocycles. The number of carbonyl (C=O) groups is 2. The topological polar surface area (TPSA) is 78.9 Å². The van der Waals surface area contributed by atoms with Crippen LogP contribution >= 0.6 is 0 Å². The van der Waals surface area contributed by atoms with Gasteiger partial charge in [-0.25, -0.2) is 9.18 Å². The molecule has 0 aromatic heterocycles. The van der Waals surface area contributed by atoms with E-state index in [9.17, 15) is 14.0 Å². The average Bonchev–Trinajstić information content (AvgIpc) is 2.42. The standard InChI is InChI=1S/C14H19FN2O4/c1-10(11-4-3-5-12(15)8-11)16-14(20)17(6-7-21-2)9-13(18)19/h3-5,8,10H,6-7,9H2,1-2H3,(H,16,20)(H,18,19). The molecule has 0 aliphatic rings. The fourth-order valence-corrected chi connectivity index (χ4v) is 1.75. The summed E-state index contributed by atoms with van der Waals surface area (Å²) in [6.07, 6.45) is 0. The molecular weight excluding hydrogens is 279 g/mol. The van der Waals surface area contributed by atoms with Gasteiger partial charge >= 0.3 is 12.0 Å². The SMILES string of the molecule is COCCN(CC(=O)O)C(=O)NC(C)c1cccc(F)c1. The monoisotopic (exact) mass is 298 g/mol. The smallest absolute Gasteiger partial charge is 0.323 e. The Kier molecular flexibility index (Phi) is 6.61. The number of hydrogen-bond acceptors (Lipinski definition) is 3. The molecule has 2 amide bonds. The second kappa shape index (κ2) is 8.21. The summed E-state index contributed by atoms with van der Waals surface area (Å²) in [5, 5.41) is 11.4. The second-order valence-corrected chi connectivity index (χ2v) is 4.53. The Morgan fingerprint density at radius 2 is 2.19 bits per heavy atom. The number of rotatable bonds is 7. The molecular formula is C14H19FN2O4. The lowest BCUT2D eigenvalue weighted by atomic mass is 10.1. The predicted octanol–water partition coefficient (Wildman–Crippen LogP) is 1.63. The molecule has 0 aliphatic carbocycles. The Morgan fingerprint density at radius 1 is 1.48 bits per heavy atom. The summed E-state index contributed by atoms with van der Waals surface area (Å²) in [7, 11) is 1.46. The van der Waals surface area contributed by atoms with Gasteiger partial charge in [0.2, 0.25) is 0 Å². The normalized spacial score (nSPS) is 11.8. The van der Waals surface area contributed by atoms with Gasteiger partial charge in [-0.3, -0.25) is 4.79 Å². The highest BCUT2D eigenvalue weighted by atomic mass is 19.1. The minimum Gasteiger partial charge on any atom is -0.480 e. The van der Waals surface area contributed by atoms with E-state index in [2.05, 4.69) is 5.32 Å². The Balaban J connectivity index is 2.68. The summed E-state index contributed by atoms with van der Waals surface area (Å²) >= 11 is 0. The largest absolute Gasteiger partial charge is 0.480 e. The highest BCUT2D eigenvalue weighted by molar-refractivity contribution is 5.80. The number of nitrogens with one attached hydrogen (secondary N) is 1. The number of aliphatic carboxylic acids is 1. The van der Waals surface area contributed by atoms with Gasteiger partial charge in [0.1, 0.15) is 12.4 Å². The molecule has 0 spiro atoms. The molecule has 21 heavy (non-hydrogen) atoms. The van der Waals surface area contributed by atoms with E-state index in [0.29, 0.717) is 5.56 Å². The lowest BCUT2D eigenvalue weighted by Crippen LogP contribution is -2.45. The highest BCUT2D eigenvalue weighted by Crippen LogP contribution is 2.13. The first-order valence-electron chi connectivity index (χ1n) is 6.45. The number of carboxylic acids is 1. The number of benzene rings is 1. The summed E-state index contributed by atoms with van der Waals surface area (Å²) in [6, 6.07) is 4.89. The molecule has 116 valence electrons. The van der Waals surface area contributed by atoms with Crippen LogP contribution in [0.15, 0.2) is 24.3 Å². The lowest BCUT2D eigenvalue weighted by Gasteiger charge is -2.23. The van der Waals surface area contributed by atoms with Gasteiger partial charge in [-0.15, -0.1) is 0 Å². The maximum atomic E-state index is 13.1. The van der Waals surface area contributed by atoms with Gasteiger partial charge in [0.05, 0.1) is 12.6 Å². The van der Waals surface area contributed by atoms with E-state index in [0.717, 1.165) is 4.90 Å². The van der Waals surface area contributed by atoms with E-state index in [-0.39, 0.29) is 13.2 Å². The molecule has 2 N–H and O–H groups in total. The van der Waals surface area contributed by atoms with Crippen molar-refractivity contribution in [1.29, 1.82) is 0 Å². The van der Waals surface area contributed by atoms with Gasteiger partial charge in [0.25, 0.3) is 0 Å². The molecule has 0 saturated heterocycles. The molecule has 0 bridgehead atoms. The molecule has 0 saturated carbocycles. The second-order valence-electron chi connectivity index (χ2n) is 4.53. The van der Waals surface area contributed by atoms with E-state index in [4.69, 9.17) is 9.84 Å². The number of carboxylic acid groups (broad SMARTS) is 1. The van der Waals surface area contributed by atoms with Crippen LogP contribution in [0.4, 0.5) is 9.18 Å². The first-order chi connectivity index (χ1) is 9.93. The van der Waals surface area contributed by atoms with Crippen molar-refractivity contribution in [3.05, 3.63) is 35.6 Å². The first kappa shape index (κ1) is 16.9. The molecule has 1 atom stereocenters. The number of urea groups is 1. The van der Waals surface area contributed by atoms with E-state index in [1.54, 1.807) is 19.1 Å². The minimum atomic E-state index is -1.11. The zero-order chi connectivity index (χ0) is 15.8. The van der Waals surface area contributed by atoms with Crippen molar-refractivity contribution in [2.24, 2.45) is 0 Å². The highest BCUT2D eigenvalue weighted by Gasteiger charge is 2.19. The van der Waals surface area contributed by atoms with Crippen LogP contribution in [0.3, 0.4) is 0 Å². The van der Waals surface area contributed by atoms with Crippen LogP contribution < -0.4 is 5.32 Å². The lowest BCUT2D eigenvalue weighted by molar-refractivity contribution is -0.137. The van der Waals surface area contributed by atoms with Gasteiger partial charge in [-0.2, -0.15) is 0 Å². The van der Waals surface area contributed by atoms with Gasteiger partial charge < -0.3 is 20.1 Å². The Bertz CT molecular complexity index is 496. The third-order valence-electron chi connectivity index (χ3n) is 2.87. The van der Waals surface area contributed by atoms with Crippen molar-refractivity contribution in [2.75, 3.05) is 26.8 Å². The number of carbonyl (C=O) groups excluding carboxylic acids is 1. The molecule has 0 heterocycles. The van der Waals surface area contributed by atoms with Crippen LogP contribution in [0.25, 0.3) is 0 Å². The first-order valence-corrected chi connectivity index (χ1v) is 6.45. The predicted molar refractivity (Wildman–Crippen MR) is 74.4 cm³/mol. The van der Waals surface area contributed by atoms with E-state index < -0.39 is 30.4 Å². The molecule has 0 radical (unpaired) electrons. The van der Waals surface area contributed by atoms with Gasteiger partial charge in [-0.1, -0.05) is 12.1 Å². The van der Waals surface area contributed by atoms with E-state index in [1.165, 1.54) is 19.2 Å². The Labute approximate surface area is 122 Å². The van der Waals surface area contributed by atoms with Crippen molar-refractivity contribution in [1.82, 2.24) is 10.2 Å². The van der Waals surface area contributed by atoms with Crippen molar-refractivity contribution in [2.45, 2.75) is 13.0 Å². The quantitative estimate of drug-likeness (QED) is 0.802. The van der Waals surface area contributed by atoms with E-state index >= 15 is 0 Å². The van der Waals surface area contributed by atoms with Crippen LogP contribution in [-0.4, -0.2) is 48.8 Å². The van der Waals surface area contributed by atoms with Crippen molar-refractivity contribution in [3.8, 4) is 0 Å². The average molecular weight is 298 g/mol. The Hall–Kier alpha value is -2.15. The number of nitrogens with zero attached hydrogens (tertiary/aromatic N) is 1. The minimum absolute atomic E-state index is 0.157. The van der Waals surface area contributed by atoms with Crippen LogP contribution in [-0.2, 0) is 9.53 Å². The third kappa shape index (κ3) is 5.78. The number of hydrogen-bond donors (Lipinski definition) is 2. The summed E-state index contributed by atoms with van der Waals surface area (Å²) in [6.45, 7) is 1.66. The summed E-state index contributed by atoms with van der Waals surface area (Å²) in [4.78, 5) is 23.9. The number of halogens is 1.